The Morgan fingerprint density at radius 2 is 1.84 bits per heavy atom. The predicted molar refractivity (Wildman–Crippen MR) is 173 cm³/mol. The maximum atomic E-state index is 12.5. The van der Waals surface area contributed by atoms with Crippen molar-refractivity contribution in [2.75, 3.05) is 32.9 Å². The van der Waals surface area contributed by atoms with Crippen LogP contribution in [0.15, 0.2) is 12.3 Å². The molecule has 10 heteroatoms. The molecular weight excluding hydrogens is 557 g/mol. The first-order chi connectivity index (χ1) is 20.8. The van der Waals surface area contributed by atoms with Gasteiger partial charge in [-0.25, -0.2) is 9.48 Å². The molecular formula is C34H54BN3O6. The van der Waals surface area contributed by atoms with Gasteiger partial charge in [-0.3, -0.25) is 0 Å². The van der Waals surface area contributed by atoms with Crippen LogP contribution in [0, 0.1) is 12.8 Å². The van der Waals surface area contributed by atoms with Crippen molar-refractivity contribution in [3.05, 3.63) is 23.4 Å². The largest absolute Gasteiger partial charge is 0.495 e. The van der Waals surface area contributed by atoms with Crippen LogP contribution in [-0.2, 0) is 29.9 Å². The quantitative estimate of drug-likeness (QED) is 0.242. The van der Waals surface area contributed by atoms with Gasteiger partial charge in [0, 0.05) is 37.6 Å². The van der Waals surface area contributed by atoms with E-state index in [0.717, 1.165) is 80.9 Å². The molecule has 3 saturated heterocycles. The van der Waals surface area contributed by atoms with E-state index in [-0.39, 0.29) is 12.3 Å². The Balaban J connectivity index is 1.23. The van der Waals surface area contributed by atoms with E-state index >= 15 is 0 Å². The monoisotopic (exact) mass is 611 g/mol. The third kappa shape index (κ3) is 7.46. The van der Waals surface area contributed by atoms with Crippen LogP contribution in [0.25, 0.3) is 10.9 Å². The Morgan fingerprint density at radius 1 is 1.09 bits per heavy atom. The molecule has 0 saturated carbocycles. The van der Waals surface area contributed by atoms with Gasteiger partial charge in [0.25, 0.3) is 0 Å². The number of hydrogen-bond acceptors (Lipinski definition) is 7. The zero-order chi connectivity index (χ0) is 31.7. The summed E-state index contributed by atoms with van der Waals surface area (Å²) in [6.45, 7) is 20.0. The fraction of sp³-hybridized carbons (Fsp3) is 0.765. The molecule has 1 unspecified atom stereocenters. The highest BCUT2D eigenvalue weighted by Crippen LogP contribution is 2.38. The number of likely N-dealkylation sites (tertiary alicyclic amines) is 1. The van der Waals surface area contributed by atoms with Crippen molar-refractivity contribution in [1.82, 2.24) is 14.7 Å². The van der Waals surface area contributed by atoms with Crippen molar-refractivity contribution in [1.29, 1.82) is 0 Å². The number of aryl methyl sites for hydroxylation is 1. The molecule has 0 N–H and O–H groups in total. The van der Waals surface area contributed by atoms with Gasteiger partial charge in [0.15, 0.2) is 6.23 Å². The Hall–Kier alpha value is -2.14. The maximum Gasteiger partial charge on any atom is 0.495 e. The van der Waals surface area contributed by atoms with Gasteiger partial charge in [-0.1, -0.05) is 0 Å². The summed E-state index contributed by atoms with van der Waals surface area (Å²) in [5, 5.41) is 5.92. The fourth-order valence-corrected chi connectivity index (χ4v) is 6.55. The van der Waals surface area contributed by atoms with Gasteiger partial charge >= 0.3 is 13.2 Å². The summed E-state index contributed by atoms with van der Waals surface area (Å²) < 4.78 is 33.1. The highest BCUT2D eigenvalue weighted by molar-refractivity contribution is 6.65. The van der Waals surface area contributed by atoms with E-state index in [1.807, 2.05) is 31.9 Å². The third-order valence-corrected chi connectivity index (χ3v) is 9.69. The van der Waals surface area contributed by atoms with Crippen molar-refractivity contribution < 1.29 is 28.3 Å². The first-order valence-electron chi connectivity index (χ1n) is 16.8. The second-order valence-corrected chi connectivity index (χ2v) is 15.0. The fourth-order valence-electron chi connectivity index (χ4n) is 6.55. The normalized spacial score (nSPS) is 23.8. The summed E-state index contributed by atoms with van der Waals surface area (Å²) in [6, 6.07) is 2.26. The molecule has 1 aromatic heterocycles. The number of carbonyl (C=O) groups is 1. The smallest absolute Gasteiger partial charge is 0.444 e. The number of nitrogens with zero attached hydrogens (tertiary/aromatic N) is 3. The Labute approximate surface area is 264 Å². The van der Waals surface area contributed by atoms with Crippen molar-refractivity contribution in [2.45, 2.75) is 130 Å². The molecule has 44 heavy (non-hydrogen) atoms. The average molecular weight is 612 g/mol. The number of unbranched alkanes of at least 4 members (excludes halogenated alkanes) is 1. The highest BCUT2D eigenvalue weighted by Gasteiger charge is 2.53. The molecule has 244 valence electrons. The molecule has 0 bridgehead atoms. The first kappa shape index (κ1) is 33.2. The Kier molecular flexibility index (Phi) is 10.0. The van der Waals surface area contributed by atoms with Crippen molar-refractivity contribution >= 4 is 29.6 Å². The Bertz CT molecular complexity index is 1280. The highest BCUT2D eigenvalue weighted by atomic mass is 16.7. The third-order valence-electron chi connectivity index (χ3n) is 9.69. The number of rotatable bonds is 9. The number of piperidine rings is 1. The van der Waals surface area contributed by atoms with Crippen molar-refractivity contribution in [3.63, 3.8) is 0 Å². The van der Waals surface area contributed by atoms with E-state index in [4.69, 9.17) is 28.6 Å². The number of aromatic nitrogens is 2. The van der Waals surface area contributed by atoms with Crippen LogP contribution in [0.3, 0.4) is 0 Å². The summed E-state index contributed by atoms with van der Waals surface area (Å²) in [4.78, 5) is 14.4. The lowest BCUT2D eigenvalue weighted by molar-refractivity contribution is -0.0366. The SMILES string of the molecule is Cc1cc2c(cnn2C2CCCCO2)c(B2OC(C)(C)C(C)(C)O2)c1CCCCOC[C@@H]1CCCN(C(=O)OC(C)(C)C)C1. The van der Waals surface area contributed by atoms with Crippen molar-refractivity contribution in [3.8, 4) is 0 Å². The molecule has 0 spiro atoms. The number of fused-ring (bicyclic) bond motifs is 1. The van der Waals surface area contributed by atoms with Crippen LogP contribution in [-0.4, -0.2) is 77.6 Å². The van der Waals surface area contributed by atoms with E-state index < -0.39 is 23.9 Å². The molecule has 3 aliphatic rings. The molecule has 0 radical (unpaired) electrons. The summed E-state index contributed by atoms with van der Waals surface area (Å²) >= 11 is 0. The molecule has 4 heterocycles. The second kappa shape index (κ2) is 13.3. The molecule has 1 amide bonds. The number of ether oxygens (including phenoxy) is 3. The summed E-state index contributed by atoms with van der Waals surface area (Å²) in [6.07, 6.45) is 9.88. The number of hydrogen-bond donors (Lipinski definition) is 0. The second-order valence-electron chi connectivity index (χ2n) is 15.0. The van der Waals surface area contributed by atoms with Crippen LogP contribution in [0.5, 0.6) is 0 Å². The van der Waals surface area contributed by atoms with E-state index in [9.17, 15) is 4.79 Å². The number of carbonyl (C=O) groups excluding carboxylic acids is 1. The van der Waals surface area contributed by atoms with Crippen molar-refractivity contribution in [2.24, 2.45) is 5.92 Å². The van der Waals surface area contributed by atoms with Crippen LogP contribution < -0.4 is 5.46 Å². The van der Waals surface area contributed by atoms with Gasteiger partial charge in [-0.2, -0.15) is 5.10 Å². The zero-order valence-corrected chi connectivity index (χ0v) is 28.4. The lowest BCUT2D eigenvalue weighted by Gasteiger charge is -2.34. The lowest BCUT2D eigenvalue weighted by atomic mass is 9.71. The van der Waals surface area contributed by atoms with Gasteiger partial charge in [-0.15, -0.1) is 0 Å². The molecule has 0 aliphatic carbocycles. The lowest BCUT2D eigenvalue weighted by Crippen LogP contribution is -2.43. The molecule has 2 atom stereocenters. The molecule has 2 aromatic rings. The van der Waals surface area contributed by atoms with Gasteiger partial charge in [0.1, 0.15) is 5.60 Å². The molecule has 3 fully saturated rings. The van der Waals surface area contributed by atoms with Crippen LogP contribution >= 0.6 is 0 Å². The van der Waals surface area contributed by atoms with E-state index in [0.29, 0.717) is 25.7 Å². The van der Waals surface area contributed by atoms with Crippen LogP contribution in [0.2, 0.25) is 0 Å². The number of benzene rings is 1. The first-order valence-corrected chi connectivity index (χ1v) is 16.8. The van der Waals surface area contributed by atoms with Gasteiger partial charge < -0.3 is 28.4 Å². The molecule has 1 aromatic carbocycles. The average Bonchev–Trinajstić information content (AvgIpc) is 3.46. The van der Waals surface area contributed by atoms with E-state index in [1.54, 1.807) is 0 Å². The van der Waals surface area contributed by atoms with Gasteiger partial charge in [0.2, 0.25) is 0 Å². The maximum absolute atomic E-state index is 12.5. The minimum absolute atomic E-state index is 0.0322. The zero-order valence-electron chi connectivity index (χ0n) is 28.4. The predicted octanol–water partition coefficient (Wildman–Crippen LogP) is 6.33. The standard InChI is InChI=1S/C34H54BN3O6/c1-24-20-28-27(21-36-38(28)29-16-10-12-19-41-29)30(35-43-33(5,6)34(7,8)44-35)26(24)15-9-11-18-40-23-25-14-13-17-37(22-25)31(39)42-32(2,3)4/h20-21,25,29H,9-19,22-23H2,1-8H3/t25-,29?/m1/s1. The van der Waals surface area contributed by atoms with E-state index in [1.165, 1.54) is 11.1 Å². The number of amides is 1. The summed E-state index contributed by atoms with van der Waals surface area (Å²) in [7, 11) is -0.460. The molecule has 9 nitrogen and oxygen atoms in total. The molecule has 5 rings (SSSR count). The van der Waals surface area contributed by atoms with E-state index in [2.05, 4.69) is 45.4 Å². The molecule has 3 aliphatic heterocycles. The van der Waals surface area contributed by atoms with Gasteiger partial charge in [0.05, 0.1) is 29.5 Å². The van der Waals surface area contributed by atoms with Crippen LogP contribution in [0.4, 0.5) is 4.79 Å². The minimum atomic E-state index is -0.476. The van der Waals surface area contributed by atoms with Crippen LogP contribution in [0.1, 0.15) is 111 Å². The van der Waals surface area contributed by atoms with Gasteiger partial charge in [-0.05, 0) is 129 Å². The summed E-state index contributed by atoms with van der Waals surface area (Å²) in [5.74, 6) is 0.348. The Morgan fingerprint density at radius 3 is 2.52 bits per heavy atom. The topological polar surface area (TPSA) is 84.3 Å². The summed E-state index contributed by atoms with van der Waals surface area (Å²) in [5.41, 5.74) is 3.35. The minimum Gasteiger partial charge on any atom is -0.444 e.